The summed E-state index contributed by atoms with van der Waals surface area (Å²) in [5.74, 6) is -0.837. The fraction of sp³-hybridized carbons (Fsp3) is 0.882. The molecule has 0 aromatic carbocycles. The van der Waals surface area contributed by atoms with Gasteiger partial charge in [0.1, 0.15) is 5.60 Å². The maximum absolute atomic E-state index is 12.6. The van der Waals surface area contributed by atoms with E-state index in [1.54, 1.807) is 27.7 Å². The zero-order valence-corrected chi connectivity index (χ0v) is 17.3. The van der Waals surface area contributed by atoms with Gasteiger partial charge in [-0.25, -0.2) is 17.9 Å². The molecule has 1 rings (SSSR count). The van der Waals surface area contributed by atoms with Crippen LogP contribution in [0.25, 0.3) is 0 Å². The normalized spacial score (nSPS) is 24.0. The predicted octanol–water partition coefficient (Wildman–Crippen LogP) is 1.52. The molecule has 2 atom stereocenters. The second-order valence-electron chi connectivity index (χ2n) is 7.95. The fourth-order valence-electron chi connectivity index (χ4n) is 3.16. The first-order chi connectivity index (χ1) is 11.9. The summed E-state index contributed by atoms with van der Waals surface area (Å²) in [7, 11) is -3.38. The van der Waals surface area contributed by atoms with Crippen molar-refractivity contribution in [1.29, 1.82) is 0 Å². The van der Waals surface area contributed by atoms with Gasteiger partial charge in [0.15, 0.2) is 0 Å². The molecule has 1 fully saturated rings. The van der Waals surface area contributed by atoms with Crippen molar-refractivity contribution in [1.82, 2.24) is 15.4 Å². The number of ether oxygens (including phenoxy) is 1. The Morgan fingerprint density at radius 1 is 1.23 bits per heavy atom. The van der Waals surface area contributed by atoms with Crippen molar-refractivity contribution in [2.45, 2.75) is 71.4 Å². The smallest absolute Gasteiger partial charge is 0.408 e. The van der Waals surface area contributed by atoms with Crippen LogP contribution < -0.4 is 15.4 Å². The van der Waals surface area contributed by atoms with Gasteiger partial charge in [0.2, 0.25) is 15.9 Å². The van der Waals surface area contributed by atoms with Crippen LogP contribution in [-0.2, 0) is 19.6 Å². The Kier molecular flexibility index (Phi) is 7.88. The van der Waals surface area contributed by atoms with Crippen LogP contribution in [0.2, 0.25) is 0 Å². The minimum absolute atomic E-state index is 0.0349. The quantitative estimate of drug-likeness (QED) is 0.609. The van der Waals surface area contributed by atoms with Gasteiger partial charge in [-0.1, -0.05) is 19.8 Å². The minimum atomic E-state index is -3.38. The van der Waals surface area contributed by atoms with E-state index in [-0.39, 0.29) is 18.2 Å². The third-order valence-corrected chi connectivity index (χ3v) is 5.82. The van der Waals surface area contributed by atoms with Gasteiger partial charge in [0.25, 0.3) is 0 Å². The first kappa shape index (κ1) is 22.7. The van der Waals surface area contributed by atoms with Gasteiger partial charge in [0.05, 0.1) is 17.2 Å². The van der Waals surface area contributed by atoms with Crippen molar-refractivity contribution in [3.8, 4) is 0 Å². The number of nitrogens with one attached hydrogen (secondary N) is 3. The Labute approximate surface area is 156 Å². The molecular weight excluding hydrogens is 358 g/mol. The van der Waals surface area contributed by atoms with Crippen LogP contribution >= 0.6 is 0 Å². The molecule has 0 saturated heterocycles. The highest BCUT2D eigenvalue weighted by Crippen LogP contribution is 2.34. The topological polar surface area (TPSA) is 114 Å². The molecule has 3 N–H and O–H groups in total. The average molecular weight is 392 g/mol. The third-order valence-electron chi connectivity index (χ3n) is 4.35. The number of carbonyl (C=O) groups is 2. The molecule has 0 bridgehead atoms. The minimum Gasteiger partial charge on any atom is -0.444 e. The van der Waals surface area contributed by atoms with E-state index in [0.717, 1.165) is 12.8 Å². The van der Waals surface area contributed by atoms with E-state index in [0.29, 0.717) is 19.4 Å². The van der Waals surface area contributed by atoms with Crippen LogP contribution in [-0.4, -0.2) is 50.4 Å². The van der Waals surface area contributed by atoms with E-state index < -0.39 is 33.2 Å². The van der Waals surface area contributed by atoms with Crippen LogP contribution in [0.15, 0.2) is 0 Å². The average Bonchev–Trinajstić information content (AvgIpc) is 2.44. The molecule has 26 heavy (non-hydrogen) atoms. The molecule has 152 valence electrons. The molecule has 9 heteroatoms. The zero-order valence-electron chi connectivity index (χ0n) is 16.5. The number of rotatable bonds is 7. The summed E-state index contributed by atoms with van der Waals surface area (Å²) in [4.78, 5) is 24.8. The Morgan fingerprint density at radius 2 is 1.88 bits per heavy atom. The van der Waals surface area contributed by atoms with Gasteiger partial charge < -0.3 is 15.4 Å². The first-order valence-corrected chi connectivity index (χ1v) is 10.8. The van der Waals surface area contributed by atoms with Crippen LogP contribution in [0, 0.1) is 5.92 Å². The standard InChI is InChI=1S/C17H33N3O5S/c1-6-19-26(23,24)12-11-18-14(21)13-9-7-8-10-17(13,5)20-15(22)25-16(2,3)4/h13,19H,6-12H2,1-5H3,(H,18,21)(H,20,22)/t13-,17+/m1/s1. The van der Waals surface area contributed by atoms with E-state index >= 15 is 0 Å². The van der Waals surface area contributed by atoms with Crippen LogP contribution in [0.5, 0.6) is 0 Å². The van der Waals surface area contributed by atoms with E-state index in [9.17, 15) is 18.0 Å². The van der Waals surface area contributed by atoms with E-state index in [1.165, 1.54) is 0 Å². The molecule has 0 aliphatic heterocycles. The molecular formula is C17H33N3O5S. The zero-order chi connectivity index (χ0) is 20.0. The van der Waals surface area contributed by atoms with E-state index in [4.69, 9.17) is 4.74 Å². The first-order valence-electron chi connectivity index (χ1n) is 9.15. The lowest BCUT2D eigenvalue weighted by atomic mass is 9.73. The SMILES string of the molecule is CCNS(=O)(=O)CCNC(=O)[C@H]1CCCC[C@]1(C)NC(=O)OC(C)(C)C. The van der Waals surface area contributed by atoms with Crippen LogP contribution in [0.4, 0.5) is 4.79 Å². The van der Waals surface area contributed by atoms with Gasteiger partial charge >= 0.3 is 6.09 Å². The number of sulfonamides is 1. The van der Waals surface area contributed by atoms with Crippen molar-refractivity contribution in [3.05, 3.63) is 0 Å². The van der Waals surface area contributed by atoms with E-state index in [2.05, 4.69) is 15.4 Å². The number of amides is 2. The fourth-order valence-corrected chi connectivity index (χ4v) is 4.12. The summed E-state index contributed by atoms with van der Waals surface area (Å²) in [5, 5.41) is 5.55. The molecule has 1 saturated carbocycles. The van der Waals surface area contributed by atoms with Gasteiger partial charge in [-0.05, 0) is 40.5 Å². The number of hydrogen-bond acceptors (Lipinski definition) is 5. The number of alkyl carbamates (subject to hydrolysis) is 1. The molecule has 0 spiro atoms. The summed E-state index contributed by atoms with van der Waals surface area (Å²) in [5.41, 5.74) is -1.33. The highest BCUT2D eigenvalue weighted by atomic mass is 32.2. The lowest BCUT2D eigenvalue weighted by molar-refractivity contribution is -0.128. The molecule has 1 aliphatic rings. The monoisotopic (exact) mass is 391 g/mol. The molecule has 2 amide bonds. The summed E-state index contributed by atoms with van der Waals surface area (Å²) in [6.07, 6.45) is 2.55. The third kappa shape index (κ3) is 7.49. The van der Waals surface area contributed by atoms with Crippen molar-refractivity contribution in [2.24, 2.45) is 5.92 Å². The Bertz CT molecular complexity index is 600. The Balaban J connectivity index is 2.68. The molecule has 0 aromatic rings. The Hall–Kier alpha value is -1.35. The lowest BCUT2D eigenvalue weighted by Gasteiger charge is -2.41. The van der Waals surface area contributed by atoms with Gasteiger partial charge in [-0.2, -0.15) is 0 Å². The summed E-state index contributed by atoms with van der Waals surface area (Å²) in [6.45, 7) is 9.24. The van der Waals surface area contributed by atoms with Gasteiger partial charge in [-0.15, -0.1) is 0 Å². The molecule has 0 heterocycles. The van der Waals surface area contributed by atoms with Crippen molar-refractivity contribution >= 4 is 22.0 Å². The molecule has 0 unspecified atom stereocenters. The second-order valence-corrected chi connectivity index (χ2v) is 9.88. The summed E-state index contributed by atoms with van der Waals surface area (Å²) in [6, 6.07) is 0. The highest BCUT2D eigenvalue weighted by Gasteiger charge is 2.42. The van der Waals surface area contributed by atoms with Crippen LogP contribution in [0.3, 0.4) is 0 Å². The predicted molar refractivity (Wildman–Crippen MR) is 100 cm³/mol. The second kappa shape index (κ2) is 9.03. The maximum Gasteiger partial charge on any atom is 0.408 e. The van der Waals surface area contributed by atoms with Crippen LogP contribution in [0.1, 0.15) is 60.3 Å². The van der Waals surface area contributed by atoms with Gasteiger partial charge in [-0.3, -0.25) is 4.79 Å². The largest absolute Gasteiger partial charge is 0.444 e. The maximum atomic E-state index is 12.6. The molecule has 0 radical (unpaired) electrons. The van der Waals surface area contributed by atoms with E-state index in [1.807, 2.05) is 6.92 Å². The van der Waals surface area contributed by atoms with Crippen molar-refractivity contribution in [2.75, 3.05) is 18.8 Å². The number of carbonyl (C=O) groups excluding carboxylic acids is 2. The van der Waals surface area contributed by atoms with Crippen molar-refractivity contribution in [3.63, 3.8) is 0 Å². The van der Waals surface area contributed by atoms with Crippen molar-refractivity contribution < 1.29 is 22.7 Å². The summed E-state index contributed by atoms with van der Waals surface area (Å²) < 4.78 is 31.0. The Morgan fingerprint density at radius 3 is 2.46 bits per heavy atom. The van der Waals surface area contributed by atoms with Gasteiger partial charge in [0, 0.05) is 13.1 Å². The molecule has 1 aliphatic carbocycles. The number of hydrogen-bond donors (Lipinski definition) is 3. The summed E-state index contributed by atoms with van der Waals surface area (Å²) >= 11 is 0. The lowest BCUT2D eigenvalue weighted by Crippen LogP contribution is -2.58. The highest BCUT2D eigenvalue weighted by molar-refractivity contribution is 7.89. The molecule has 8 nitrogen and oxygen atoms in total. The molecule has 0 aromatic heterocycles.